The van der Waals surface area contributed by atoms with Gasteiger partial charge in [0.25, 0.3) is 0 Å². The second kappa shape index (κ2) is 6.47. The first-order chi connectivity index (χ1) is 9.36. The van der Waals surface area contributed by atoms with Crippen molar-refractivity contribution in [3.63, 3.8) is 0 Å². The van der Waals surface area contributed by atoms with E-state index < -0.39 is 0 Å². The summed E-state index contributed by atoms with van der Waals surface area (Å²) in [5.41, 5.74) is 3.04. The third-order valence-electron chi connectivity index (χ3n) is 2.54. The lowest BCUT2D eigenvalue weighted by atomic mass is 10.1. The summed E-state index contributed by atoms with van der Waals surface area (Å²) in [6.07, 6.45) is 0. The molecule has 0 amide bonds. The van der Waals surface area contributed by atoms with Gasteiger partial charge in [-0.3, -0.25) is 4.99 Å². The van der Waals surface area contributed by atoms with Crippen LogP contribution in [-0.4, -0.2) is 32.7 Å². The maximum atomic E-state index is 5.59. The van der Waals surface area contributed by atoms with E-state index in [0.29, 0.717) is 28.6 Å². The first kappa shape index (κ1) is 16.1. The number of aliphatic imine (C=N–C) groups is 1. The molecule has 6 heteroatoms. The van der Waals surface area contributed by atoms with Gasteiger partial charge in [-0.2, -0.15) is 0 Å². The van der Waals surface area contributed by atoms with Crippen molar-refractivity contribution in [1.82, 2.24) is 5.43 Å². The Morgan fingerprint density at radius 2 is 1.50 bits per heavy atom. The smallest absolute Gasteiger partial charge is 0.164 e. The number of amidine groups is 1. The van der Waals surface area contributed by atoms with Crippen molar-refractivity contribution in [3.05, 3.63) is 17.7 Å². The molecule has 0 bridgehead atoms. The van der Waals surface area contributed by atoms with E-state index in [1.54, 1.807) is 33.5 Å². The molecule has 1 rings (SSSR count). The molecule has 1 aromatic rings. The van der Waals surface area contributed by atoms with Gasteiger partial charge in [0.15, 0.2) is 11.5 Å². The summed E-state index contributed by atoms with van der Waals surface area (Å²) < 4.78 is 15.9. The maximum Gasteiger partial charge on any atom is 0.164 e. The number of rotatable bonds is 4. The fourth-order valence-corrected chi connectivity index (χ4v) is 1.72. The van der Waals surface area contributed by atoms with E-state index in [0.717, 1.165) is 0 Å². The van der Waals surface area contributed by atoms with Crippen LogP contribution in [0.1, 0.15) is 26.3 Å². The van der Waals surface area contributed by atoms with Crippen molar-refractivity contribution in [3.8, 4) is 17.2 Å². The Labute approximate surface area is 119 Å². The number of ether oxygens (including phenoxy) is 3. The number of hydrazine groups is 1. The van der Waals surface area contributed by atoms with Gasteiger partial charge in [-0.1, -0.05) is 0 Å². The number of hydrogen-bond acceptors (Lipinski definition) is 5. The topological polar surface area (TPSA) is 78.1 Å². The fraction of sp³-hybridized carbons (Fsp3) is 0.500. The minimum Gasteiger partial charge on any atom is -0.496 e. The highest BCUT2D eigenvalue weighted by molar-refractivity contribution is 6.01. The van der Waals surface area contributed by atoms with Gasteiger partial charge in [0.1, 0.15) is 11.6 Å². The Morgan fingerprint density at radius 1 is 1.00 bits per heavy atom. The van der Waals surface area contributed by atoms with Crippen molar-refractivity contribution in [2.75, 3.05) is 21.3 Å². The molecule has 0 aromatic heterocycles. The minimum atomic E-state index is -0.278. The molecule has 0 atom stereocenters. The number of hydrogen-bond donors (Lipinski definition) is 2. The van der Waals surface area contributed by atoms with E-state index in [4.69, 9.17) is 20.1 Å². The predicted molar refractivity (Wildman–Crippen MR) is 79.7 cm³/mol. The van der Waals surface area contributed by atoms with Crippen molar-refractivity contribution in [1.29, 1.82) is 0 Å². The van der Waals surface area contributed by atoms with Crippen LogP contribution in [0.5, 0.6) is 17.2 Å². The molecule has 112 valence electrons. The molecule has 20 heavy (non-hydrogen) atoms. The quantitative estimate of drug-likeness (QED) is 0.380. The average Bonchev–Trinajstić information content (AvgIpc) is 2.42. The van der Waals surface area contributed by atoms with Crippen LogP contribution in [0.3, 0.4) is 0 Å². The third-order valence-corrected chi connectivity index (χ3v) is 2.54. The van der Waals surface area contributed by atoms with Crippen LogP contribution in [0, 0.1) is 0 Å². The monoisotopic (exact) mass is 281 g/mol. The first-order valence-corrected chi connectivity index (χ1v) is 6.23. The molecule has 0 unspecified atom stereocenters. The van der Waals surface area contributed by atoms with Crippen LogP contribution in [0.15, 0.2) is 17.1 Å². The zero-order valence-corrected chi connectivity index (χ0v) is 12.9. The molecule has 0 spiro atoms. The molecule has 0 fully saturated rings. The van der Waals surface area contributed by atoms with E-state index in [1.807, 2.05) is 20.8 Å². The number of nitrogens with one attached hydrogen (secondary N) is 1. The van der Waals surface area contributed by atoms with E-state index in [1.165, 1.54) is 0 Å². The lowest BCUT2D eigenvalue weighted by Crippen LogP contribution is -2.34. The van der Waals surface area contributed by atoms with Gasteiger partial charge < -0.3 is 19.6 Å². The Morgan fingerprint density at radius 3 is 1.90 bits per heavy atom. The molecular formula is C14H23N3O3. The van der Waals surface area contributed by atoms with Gasteiger partial charge in [0.2, 0.25) is 0 Å². The Hall–Kier alpha value is -1.95. The number of methoxy groups -OCH3 is 3. The summed E-state index contributed by atoms with van der Waals surface area (Å²) in [5, 5.41) is 0. The summed E-state index contributed by atoms with van der Waals surface area (Å²) in [6, 6.07) is 3.52. The zero-order chi connectivity index (χ0) is 15.3. The van der Waals surface area contributed by atoms with Crippen LogP contribution in [0.25, 0.3) is 0 Å². The molecule has 0 aliphatic carbocycles. The van der Waals surface area contributed by atoms with Crippen molar-refractivity contribution < 1.29 is 14.2 Å². The molecule has 1 aromatic carbocycles. The summed E-state index contributed by atoms with van der Waals surface area (Å²) in [5.74, 6) is 7.88. The van der Waals surface area contributed by atoms with Gasteiger partial charge in [-0.05, 0) is 26.8 Å². The first-order valence-electron chi connectivity index (χ1n) is 6.23. The zero-order valence-electron chi connectivity index (χ0n) is 12.9. The summed E-state index contributed by atoms with van der Waals surface area (Å²) in [6.45, 7) is 5.95. The van der Waals surface area contributed by atoms with Crippen molar-refractivity contribution >= 4 is 5.84 Å². The SMILES string of the molecule is COc1cc(OC)c(C(=NC(C)(C)C)NN)cc1OC. The van der Waals surface area contributed by atoms with E-state index >= 15 is 0 Å². The van der Waals surface area contributed by atoms with Crippen molar-refractivity contribution in [2.45, 2.75) is 26.3 Å². The van der Waals surface area contributed by atoms with E-state index in [9.17, 15) is 0 Å². The highest BCUT2D eigenvalue weighted by atomic mass is 16.5. The van der Waals surface area contributed by atoms with Gasteiger partial charge in [-0.25, -0.2) is 5.84 Å². The predicted octanol–water partition coefficient (Wildman–Crippen LogP) is 1.72. The van der Waals surface area contributed by atoms with Crippen LogP contribution in [0.2, 0.25) is 0 Å². The van der Waals surface area contributed by atoms with Gasteiger partial charge in [-0.15, -0.1) is 0 Å². The second-order valence-corrected chi connectivity index (χ2v) is 5.18. The lowest BCUT2D eigenvalue weighted by Gasteiger charge is -2.19. The summed E-state index contributed by atoms with van der Waals surface area (Å²) in [4.78, 5) is 4.54. The highest BCUT2D eigenvalue weighted by Gasteiger charge is 2.18. The molecule has 0 radical (unpaired) electrons. The van der Waals surface area contributed by atoms with E-state index in [-0.39, 0.29) is 5.54 Å². The number of nitrogens with two attached hydrogens (primary N) is 1. The van der Waals surface area contributed by atoms with Crippen LogP contribution >= 0.6 is 0 Å². The minimum absolute atomic E-state index is 0.278. The molecule has 0 heterocycles. The van der Waals surface area contributed by atoms with Gasteiger partial charge in [0.05, 0.1) is 32.4 Å². The maximum absolute atomic E-state index is 5.59. The Balaban J connectivity index is 3.45. The highest BCUT2D eigenvalue weighted by Crippen LogP contribution is 2.34. The molecule has 0 aliphatic heterocycles. The van der Waals surface area contributed by atoms with Gasteiger partial charge in [0, 0.05) is 6.07 Å². The third kappa shape index (κ3) is 3.77. The van der Waals surface area contributed by atoms with E-state index in [2.05, 4.69) is 10.4 Å². The molecule has 6 nitrogen and oxygen atoms in total. The molecule has 0 saturated heterocycles. The van der Waals surface area contributed by atoms with Crippen LogP contribution in [-0.2, 0) is 0 Å². The largest absolute Gasteiger partial charge is 0.496 e. The van der Waals surface area contributed by atoms with Crippen LogP contribution < -0.4 is 25.5 Å². The lowest BCUT2D eigenvalue weighted by molar-refractivity contribution is 0.348. The summed E-state index contributed by atoms with van der Waals surface area (Å²) in [7, 11) is 4.73. The normalized spacial score (nSPS) is 12.1. The fourth-order valence-electron chi connectivity index (χ4n) is 1.72. The number of benzene rings is 1. The average molecular weight is 281 g/mol. The van der Waals surface area contributed by atoms with Crippen molar-refractivity contribution in [2.24, 2.45) is 10.8 Å². The number of nitrogens with zero attached hydrogens (tertiary/aromatic N) is 1. The van der Waals surface area contributed by atoms with Crippen LogP contribution in [0.4, 0.5) is 0 Å². The second-order valence-electron chi connectivity index (χ2n) is 5.18. The Kier molecular flexibility index (Phi) is 5.21. The van der Waals surface area contributed by atoms with Gasteiger partial charge >= 0.3 is 0 Å². The standard InChI is InChI=1S/C14H23N3O3/c1-14(2,3)16-13(17-15)9-7-11(19-5)12(20-6)8-10(9)18-4/h7-8H,15H2,1-6H3,(H,16,17). The molecular weight excluding hydrogens is 258 g/mol. The molecule has 0 aliphatic rings. The summed E-state index contributed by atoms with van der Waals surface area (Å²) >= 11 is 0. The Bertz CT molecular complexity index is 493. The molecule has 3 N–H and O–H groups in total. The molecule has 0 saturated carbocycles.